The van der Waals surface area contributed by atoms with Gasteiger partial charge in [0, 0.05) is 16.8 Å². The lowest BCUT2D eigenvalue weighted by molar-refractivity contribution is 0.134. The molecular weight excluding hydrogens is 356 g/mol. The Morgan fingerprint density at radius 3 is 2.50 bits per heavy atom. The minimum absolute atomic E-state index is 0.0637. The number of nitrogens with one attached hydrogen (secondary N) is 2. The van der Waals surface area contributed by atoms with E-state index in [0.29, 0.717) is 22.5 Å². The number of hydrogen-bond donors (Lipinski definition) is 2. The first kappa shape index (κ1) is 18.3. The number of halogens is 1. The van der Waals surface area contributed by atoms with Gasteiger partial charge in [-0.3, -0.25) is 4.98 Å². The van der Waals surface area contributed by atoms with Crippen LogP contribution in [0.5, 0.6) is 11.8 Å². The molecule has 1 aromatic heterocycles. The predicted molar refractivity (Wildman–Crippen MR) is 98.9 cm³/mol. The average molecular weight is 377 g/mol. The van der Waals surface area contributed by atoms with Crippen LogP contribution in [0.25, 0.3) is 0 Å². The van der Waals surface area contributed by atoms with E-state index in [0.717, 1.165) is 25.7 Å². The van der Waals surface area contributed by atoms with E-state index in [1.54, 1.807) is 37.6 Å². The number of urea groups is 1. The van der Waals surface area contributed by atoms with Crippen molar-refractivity contribution in [1.29, 1.82) is 0 Å². The van der Waals surface area contributed by atoms with Crippen molar-refractivity contribution in [2.24, 2.45) is 0 Å². The van der Waals surface area contributed by atoms with E-state index in [9.17, 15) is 4.79 Å². The molecule has 0 saturated heterocycles. The Hall–Kier alpha value is -2.54. The Bertz CT molecular complexity index is 733. The molecule has 8 heteroatoms. The van der Waals surface area contributed by atoms with Gasteiger partial charge in [-0.05, 0) is 49.9 Å². The molecular formula is C18H21ClN4O3. The third-order valence-corrected chi connectivity index (χ3v) is 4.45. The summed E-state index contributed by atoms with van der Waals surface area (Å²) in [5.74, 6) is 0.887. The maximum atomic E-state index is 12.1. The fraction of sp³-hybridized carbons (Fsp3) is 0.389. The number of anilines is 1. The summed E-state index contributed by atoms with van der Waals surface area (Å²) in [7, 11) is 1.54. The van der Waals surface area contributed by atoms with Crippen LogP contribution in [0.1, 0.15) is 25.7 Å². The van der Waals surface area contributed by atoms with Crippen molar-refractivity contribution in [2.45, 2.75) is 37.8 Å². The number of carbonyl (C=O) groups excluding carboxylic acids is 1. The zero-order valence-corrected chi connectivity index (χ0v) is 15.2. The largest absolute Gasteiger partial charge is 0.480 e. The Morgan fingerprint density at radius 2 is 1.81 bits per heavy atom. The van der Waals surface area contributed by atoms with Crippen molar-refractivity contribution in [3.05, 3.63) is 41.7 Å². The van der Waals surface area contributed by atoms with Gasteiger partial charge in [0.05, 0.1) is 19.5 Å². The number of amides is 2. The van der Waals surface area contributed by atoms with Crippen molar-refractivity contribution in [2.75, 3.05) is 12.4 Å². The summed E-state index contributed by atoms with van der Waals surface area (Å²) in [6, 6.07) is 6.92. The monoisotopic (exact) mass is 376 g/mol. The Kier molecular flexibility index (Phi) is 6.12. The summed E-state index contributed by atoms with van der Waals surface area (Å²) in [6.07, 6.45) is 6.54. The zero-order valence-electron chi connectivity index (χ0n) is 14.4. The molecule has 0 bridgehead atoms. The lowest BCUT2D eigenvalue weighted by atomic mass is 9.93. The maximum absolute atomic E-state index is 12.1. The highest BCUT2D eigenvalue weighted by molar-refractivity contribution is 6.30. The quantitative estimate of drug-likeness (QED) is 0.831. The second-order valence-corrected chi connectivity index (χ2v) is 6.53. The minimum atomic E-state index is -0.213. The van der Waals surface area contributed by atoms with E-state index in [-0.39, 0.29) is 18.2 Å². The van der Waals surface area contributed by atoms with Crippen LogP contribution in [-0.2, 0) is 0 Å². The van der Waals surface area contributed by atoms with Gasteiger partial charge in [-0.1, -0.05) is 11.6 Å². The lowest BCUT2D eigenvalue weighted by Gasteiger charge is -2.29. The second-order valence-electron chi connectivity index (χ2n) is 6.10. The topological polar surface area (TPSA) is 85.4 Å². The molecule has 26 heavy (non-hydrogen) atoms. The molecule has 0 aliphatic heterocycles. The highest BCUT2D eigenvalue weighted by Crippen LogP contribution is 2.23. The molecule has 138 valence electrons. The molecule has 1 heterocycles. The molecule has 1 aliphatic carbocycles. The Balaban J connectivity index is 1.43. The van der Waals surface area contributed by atoms with E-state index >= 15 is 0 Å². The standard InChI is InChI=1S/C18H21ClN4O3/c1-25-16-10-20-11-17(23-16)26-15-8-6-14(7-9-15)22-18(24)21-13-4-2-12(19)3-5-13/h2-5,10-11,14-15H,6-9H2,1H3,(H2,21,22,24). The van der Waals surface area contributed by atoms with Gasteiger partial charge in [-0.2, -0.15) is 4.98 Å². The summed E-state index contributed by atoms with van der Waals surface area (Å²) >= 11 is 5.84. The van der Waals surface area contributed by atoms with Gasteiger partial charge in [0.1, 0.15) is 6.10 Å². The Morgan fingerprint density at radius 1 is 1.12 bits per heavy atom. The van der Waals surface area contributed by atoms with Crippen LogP contribution < -0.4 is 20.1 Å². The van der Waals surface area contributed by atoms with E-state index in [1.165, 1.54) is 6.20 Å². The van der Waals surface area contributed by atoms with Crippen molar-refractivity contribution >= 4 is 23.3 Å². The van der Waals surface area contributed by atoms with Gasteiger partial charge >= 0.3 is 6.03 Å². The van der Waals surface area contributed by atoms with Crippen LogP contribution in [-0.4, -0.2) is 35.3 Å². The lowest BCUT2D eigenvalue weighted by Crippen LogP contribution is -2.41. The molecule has 1 aliphatic rings. The normalized spacial score (nSPS) is 19.5. The highest BCUT2D eigenvalue weighted by atomic mass is 35.5. The van der Waals surface area contributed by atoms with Gasteiger partial charge in [0.15, 0.2) is 0 Å². The summed E-state index contributed by atoms with van der Waals surface area (Å²) < 4.78 is 10.9. The average Bonchev–Trinajstić information content (AvgIpc) is 2.65. The summed E-state index contributed by atoms with van der Waals surface area (Å²) in [5, 5.41) is 6.44. The molecule has 2 aromatic rings. The van der Waals surface area contributed by atoms with E-state index < -0.39 is 0 Å². The van der Waals surface area contributed by atoms with Crippen LogP contribution in [0, 0.1) is 0 Å². The summed E-state index contributed by atoms with van der Waals surface area (Å²) in [5.41, 5.74) is 0.709. The molecule has 3 rings (SSSR count). The fourth-order valence-electron chi connectivity index (χ4n) is 2.87. The SMILES string of the molecule is COc1cncc(OC2CCC(NC(=O)Nc3ccc(Cl)cc3)CC2)n1. The molecule has 2 amide bonds. The van der Waals surface area contributed by atoms with Crippen LogP contribution in [0.15, 0.2) is 36.7 Å². The number of methoxy groups -OCH3 is 1. The number of hydrogen-bond acceptors (Lipinski definition) is 5. The van der Waals surface area contributed by atoms with Crippen molar-refractivity contribution in [1.82, 2.24) is 15.3 Å². The third-order valence-electron chi connectivity index (χ3n) is 4.20. The minimum Gasteiger partial charge on any atom is -0.480 e. The number of ether oxygens (including phenoxy) is 2. The van der Waals surface area contributed by atoms with Gasteiger partial charge in [-0.15, -0.1) is 0 Å². The zero-order chi connectivity index (χ0) is 18.4. The first-order valence-corrected chi connectivity index (χ1v) is 8.86. The Labute approximate surface area is 157 Å². The summed E-state index contributed by atoms with van der Waals surface area (Å²) in [6.45, 7) is 0. The molecule has 1 saturated carbocycles. The smallest absolute Gasteiger partial charge is 0.319 e. The van der Waals surface area contributed by atoms with E-state index in [1.807, 2.05) is 0 Å². The first-order chi connectivity index (χ1) is 12.6. The molecule has 0 atom stereocenters. The number of carbonyl (C=O) groups is 1. The van der Waals surface area contributed by atoms with Gasteiger partial charge < -0.3 is 20.1 Å². The van der Waals surface area contributed by atoms with E-state index in [2.05, 4.69) is 20.6 Å². The molecule has 0 unspecified atom stereocenters. The van der Waals surface area contributed by atoms with Crippen molar-refractivity contribution < 1.29 is 14.3 Å². The van der Waals surface area contributed by atoms with Crippen LogP contribution in [0.4, 0.5) is 10.5 Å². The number of aromatic nitrogens is 2. The fourth-order valence-corrected chi connectivity index (χ4v) is 2.99. The first-order valence-electron chi connectivity index (χ1n) is 8.48. The molecule has 1 fully saturated rings. The highest BCUT2D eigenvalue weighted by Gasteiger charge is 2.24. The number of benzene rings is 1. The molecule has 0 radical (unpaired) electrons. The van der Waals surface area contributed by atoms with Crippen LogP contribution in [0.3, 0.4) is 0 Å². The van der Waals surface area contributed by atoms with Crippen LogP contribution in [0.2, 0.25) is 5.02 Å². The van der Waals surface area contributed by atoms with E-state index in [4.69, 9.17) is 21.1 Å². The maximum Gasteiger partial charge on any atom is 0.319 e. The molecule has 7 nitrogen and oxygen atoms in total. The van der Waals surface area contributed by atoms with Gasteiger partial charge in [0.2, 0.25) is 11.8 Å². The number of nitrogens with zero attached hydrogens (tertiary/aromatic N) is 2. The van der Waals surface area contributed by atoms with Gasteiger partial charge in [-0.25, -0.2) is 4.79 Å². The third kappa shape index (κ3) is 5.23. The van der Waals surface area contributed by atoms with Crippen molar-refractivity contribution in [3.8, 4) is 11.8 Å². The van der Waals surface area contributed by atoms with Gasteiger partial charge in [0.25, 0.3) is 0 Å². The number of rotatable bonds is 5. The predicted octanol–water partition coefficient (Wildman–Crippen LogP) is 3.65. The van der Waals surface area contributed by atoms with Crippen molar-refractivity contribution in [3.63, 3.8) is 0 Å². The van der Waals surface area contributed by atoms with Crippen LogP contribution >= 0.6 is 11.6 Å². The second kappa shape index (κ2) is 8.71. The molecule has 0 spiro atoms. The summed E-state index contributed by atoms with van der Waals surface area (Å²) in [4.78, 5) is 20.3. The molecule has 2 N–H and O–H groups in total. The molecule has 1 aromatic carbocycles.